The number of anilines is 1. The van der Waals surface area contributed by atoms with Gasteiger partial charge in [-0.15, -0.1) is 0 Å². The molecule has 5 nitrogen and oxygen atoms in total. The lowest BCUT2D eigenvalue weighted by Gasteiger charge is -2.10. The molecule has 2 N–H and O–H groups in total. The van der Waals surface area contributed by atoms with Crippen molar-refractivity contribution in [2.45, 2.75) is 19.9 Å². The Balaban J connectivity index is 2.74. The summed E-state index contributed by atoms with van der Waals surface area (Å²) in [6, 6.07) is 4.88. The lowest BCUT2D eigenvalue weighted by Crippen LogP contribution is -2.32. The highest BCUT2D eigenvalue weighted by atomic mass is 35.5. The largest absolute Gasteiger partial charge is 0.465 e. The molecule has 0 saturated heterocycles. The number of methoxy groups -OCH3 is 1. The number of carbonyl (C=O) groups is 2. The van der Waals surface area contributed by atoms with Crippen LogP contribution in [0.4, 0.5) is 5.69 Å². The van der Waals surface area contributed by atoms with Gasteiger partial charge in [0.15, 0.2) is 0 Å². The van der Waals surface area contributed by atoms with E-state index >= 15 is 0 Å². The Hall–Kier alpha value is -1.59. The van der Waals surface area contributed by atoms with Crippen LogP contribution in [0.3, 0.4) is 0 Å². The highest BCUT2D eigenvalue weighted by Crippen LogP contribution is 2.21. The van der Waals surface area contributed by atoms with Crippen molar-refractivity contribution in [1.29, 1.82) is 0 Å². The molecule has 1 rings (SSSR count). The molecule has 0 heterocycles. The van der Waals surface area contributed by atoms with E-state index < -0.39 is 5.97 Å². The topological polar surface area (TPSA) is 67.4 Å². The van der Waals surface area contributed by atoms with Gasteiger partial charge in [-0.2, -0.15) is 0 Å². The highest BCUT2D eigenvalue weighted by Gasteiger charge is 2.12. The van der Waals surface area contributed by atoms with E-state index in [1.807, 2.05) is 13.8 Å². The molecule has 0 aliphatic heterocycles. The van der Waals surface area contributed by atoms with E-state index in [9.17, 15) is 9.59 Å². The molecule has 0 saturated carbocycles. The standard InChI is InChI=1S/C13H17ClN2O3/c1-8(2)15-7-12(17)16-9-4-5-11(14)10(6-9)13(18)19-3/h4-6,8,15H,7H2,1-3H3,(H,16,17). The number of amides is 1. The summed E-state index contributed by atoms with van der Waals surface area (Å²) in [4.78, 5) is 23.1. The van der Waals surface area contributed by atoms with Crippen LogP contribution in [0.5, 0.6) is 0 Å². The fourth-order valence-corrected chi connectivity index (χ4v) is 1.57. The molecule has 0 aliphatic carbocycles. The van der Waals surface area contributed by atoms with Crippen LogP contribution < -0.4 is 10.6 Å². The molecule has 0 unspecified atom stereocenters. The van der Waals surface area contributed by atoms with E-state index in [1.54, 1.807) is 12.1 Å². The first-order valence-electron chi connectivity index (χ1n) is 5.85. The molecule has 6 heteroatoms. The number of carbonyl (C=O) groups excluding carboxylic acids is 2. The van der Waals surface area contributed by atoms with Crippen molar-refractivity contribution in [2.24, 2.45) is 0 Å². The first kappa shape index (κ1) is 15.5. The maximum absolute atomic E-state index is 11.6. The van der Waals surface area contributed by atoms with Gasteiger partial charge in [0, 0.05) is 11.7 Å². The summed E-state index contributed by atoms with van der Waals surface area (Å²) in [7, 11) is 1.27. The van der Waals surface area contributed by atoms with E-state index in [4.69, 9.17) is 11.6 Å². The number of benzene rings is 1. The summed E-state index contributed by atoms with van der Waals surface area (Å²) in [5.41, 5.74) is 0.721. The first-order chi connectivity index (χ1) is 8.93. The van der Waals surface area contributed by atoms with Gasteiger partial charge in [0.2, 0.25) is 5.91 Å². The first-order valence-corrected chi connectivity index (χ1v) is 6.23. The van der Waals surface area contributed by atoms with Gasteiger partial charge >= 0.3 is 5.97 Å². The Morgan fingerprint density at radius 1 is 1.37 bits per heavy atom. The molecule has 104 valence electrons. The van der Waals surface area contributed by atoms with Crippen molar-refractivity contribution in [3.05, 3.63) is 28.8 Å². The minimum atomic E-state index is -0.540. The number of hydrogen-bond acceptors (Lipinski definition) is 4. The average molecular weight is 285 g/mol. The Morgan fingerprint density at radius 2 is 2.05 bits per heavy atom. The zero-order valence-corrected chi connectivity index (χ0v) is 11.9. The molecule has 1 aromatic rings. The Kier molecular flexibility index (Phi) is 5.79. The van der Waals surface area contributed by atoms with Crippen LogP contribution in [0, 0.1) is 0 Å². The van der Waals surface area contributed by atoms with Gasteiger partial charge in [-0.05, 0) is 18.2 Å². The van der Waals surface area contributed by atoms with Crippen LogP contribution in [0.15, 0.2) is 18.2 Å². The third-order valence-corrected chi connectivity index (χ3v) is 2.66. The van der Waals surface area contributed by atoms with E-state index in [0.29, 0.717) is 5.69 Å². The van der Waals surface area contributed by atoms with E-state index in [1.165, 1.54) is 13.2 Å². The lowest BCUT2D eigenvalue weighted by molar-refractivity contribution is -0.115. The fourth-order valence-electron chi connectivity index (χ4n) is 1.37. The lowest BCUT2D eigenvalue weighted by atomic mass is 10.2. The van der Waals surface area contributed by atoms with Gasteiger partial charge in [0.25, 0.3) is 0 Å². The van der Waals surface area contributed by atoms with E-state index in [0.717, 1.165) is 0 Å². The number of rotatable bonds is 5. The van der Waals surface area contributed by atoms with Crippen molar-refractivity contribution in [2.75, 3.05) is 19.0 Å². The number of nitrogens with one attached hydrogen (secondary N) is 2. The van der Waals surface area contributed by atoms with Gasteiger partial charge < -0.3 is 15.4 Å². The summed E-state index contributed by atoms with van der Waals surface area (Å²) in [5, 5.41) is 5.95. The summed E-state index contributed by atoms with van der Waals surface area (Å²) in [6.07, 6.45) is 0. The molecule has 1 amide bonds. The van der Waals surface area contributed by atoms with Gasteiger partial charge in [-0.3, -0.25) is 4.79 Å². The van der Waals surface area contributed by atoms with Crippen LogP contribution in [0.1, 0.15) is 24.2 Å². The number of ether oxygens (including phenoxy) is 1. The normalized spacial score (nSPS) is 10.4. The van der Waals surface area contributed by atoms with Crippen molar-refractivity contribution in [1.82, 2.24) is 5.32 Å². The molecule has 0 aliphatic rings. The summed E-state index contributed by atoms with van der Waals surface area (Å²) >= 11 is 5.88. The predicted octanol–water partition coefficient (Wildman–Crippen LogP) is 2.06. The van der Waals surface area contributed by atoms with Crippen LogP contribution in [-0.2, 0) is 9.53 Å². The maximum Gasteiger partial charge on any atom is 0.339 e. The molecule has 19 heavy (non-hydrogen) atoms. The Labute approximate surface area is 117 Å². The highest BCUT2D eigenvalue weighted by molar-refractivity contribution is 6.33. The van der Waals surface area contributed by atoms with Gasteiger partial charge in [-0.25, -0.2) is 4.79 Å². The molecule has 0 spiro atoms. The smallest absolute Gasteiger partial charge is 0.339 e. The zero-order valence-electron chi connectivity index (χ0n) is 11.1. The second kappa shape index (κ2) is 7.11. The number of hydrogen-bond donors (Lipinski definition) is 2. The van der Waals surface area contributed by atoms with Crippen molar-refractivity contribution in [3.8, 4) is 0 Å². The third-order valence-electron chi connectivity index (χ3n) is 2.33. The zero-order chi connectivity index (χ0) is 14.4. The van der Waals surface area contributed by atoms with Gasteiger partial charge in [0.1, 0.15) is 0 Å². The number of esters is 1. The SMILES string of the molecule is COC(=O)c1cc(NC(=O)CNC(C)C)ccc1Cl. The molecule has 0 atom stereocenters. The van der Waals surface area contributed by atoms with E-state index in [2.05, 4.69) is 15.4 Å². The summed E-state index contributed by atoms with van der Waals surface area (Å²) in [6.45, 7) is 4.10. The van der Waals surface area contributed by atoms with Gasteiger partial charge in [0.05, 0.1) is 24.2 Å². The molecular weight excluding hydrogens is 268 g/mol. The number of halogens is 1. The second-order valence-electron chi connectivity index (χ2n) is 4.27. The summed E-state index contributed by atoms with van der Waals surface area (Å²) in [5.74, 6) is -0.728. The Bertz CT molecular complexity index is 475. The fraction of sp³-hybridized carbons (Fsp3) is 0.385. The maximum atomic E-state index is 11.6. The molecule has 0 aromatic heterocycles. The minimum Gasteiger partial charge on any atom is -0.465 e. The average Bonchev–Trinajstić information content (AvgIpc) is 2.37. The van der Waals surface area contributed by atoms with E-state index in [-0.39, 0.29) is 29.1 Å². The molecule has 1 aromatic carbocycles. The molecule has 0 fully saturated rings. The van der Waals surface area contributed by atoms with Crippen LogP contribution >= 0.6 is 11.6 Å². The molecule has 0 radical (unpaired) electrons. The van der Waals surface area contributed by atoms with Crippen LogP contribution in [-0.4, -0.2) is 31.6 Å². The van der Waals surface area contributed by atoms with Crippen LogP contribution in [0.25, 0.3) is 0 Å². The third kappa shape index (κ3) is 4.89. The molecule has 0 bridgehead atoms. The quantitative estimate of drug-likeness (QED) is 0.812. The molecular formula is C13H17ClN2O3. The van der Waals surface area contributed by atoms with Crippen molar-refractivity contribution >= 4 is 29.2 Å². The summed E-state index contributed by atoms with van der Waals surface area (Å²) < 4.78 is 4.61. The van der Waals surface area contributed by atoms with Crippen LogP contribution in [0.2, 0.25) is 5.02 Å². The van der Waals surface area contributed by atoms with Crippen molar-refractivity contribution in [3.63, 3.8) is 0 Å². The monoisotopic (exact) mass is 284 g/mol. The minimum absolute atomic E-state index is 0.188. The Morgan fingerprint density at radius 3 is 2.63 bits per heavy atom. The second-order valence-corrected chi connectivity index (χ2v) is 4.68. The van der Waals surface area contributed by atoms with Crippen molar-refractivity contribution < 1.29 is 14.3 Å². The van der Waals surface area contributed by atoms with Gasteiger partial charge in [-0.1, -0.05) is 25.4 Å². The predicted molar refractivity (Wildman–Crippen MR) is 74.6 cm³/mol.